The number of rotatable bonds is 5. The highest BCUT2D eigenvalue weighted by Crippen LogP contribution is 2.33. The Labute approximate surface area is 267 Å². The molecular weight excluding hydrogens is 570 g/mol. The topological polar surface area (TPSA) is 36.8 Å². The molecule has 8 rings (SSSR count). The van der Waals surface area contributed by atoms with Crippen molar-refractivity contribution < 1.29 is 0 Å². The second-order valence-corrected chi connectivity index (χ2v) is 11.7. The molecule has 1 N–H and O–H groups in total. The SMILES string of the molecule is Clc1cccc(-c2cccc(-c3cccc(C4=NC(c5cccc6ccccc56)N=C(c5cccc6ccccc56)N4)c3)c2)c1. The maximum atomic E-state index is 6.30. The summed E-state index contributed by atoms with van der Waals surface area (Å²) < 4.78 is 0. The maximum Gasteiger partial charge on any atom is 0.170 e. The van der Waals surface area contributed by atoms with Crippen LogP contribution >= 0.6 is 11.6 Å². The number of benzene rings is 7. The molecule has 4 heteroatoms. The second-order valence-electron chi connectivity index (χ2n) is 11.2. The normalized spacial score (nSPS) is 14.6. The molecule has 0 fully saturated rings. The maximum absolute atomic E-state index is 6.30. The Morgan fingerprint density at radius 2 is 0.956 bits per heavy atom. The minimum absolute atomic E-state index is 0.406. The van der Waals surface area contributed by atoms with E-state index in [1.165, 1.54) is 10.8 Å². The summed E-state index contributed by atoms with van der Waals surface area (Å²) in [7, 11) is 0. The van der Waals surface area contributed by atoms with Gasteiger partial charge in [-0.3, -0.25) is 0 Å². The summed E-state index contributed by atoms with van der Waals surface area (Å²) in [5.74, 6) is 1.60. The molecule has 1 aliphatic heterocycles. The van der Waals surface area contributed by atoms with Gasteiger partial charge in [-0.05, 0) is 68.1 Å². The molecular formula is C41H28ClN3. The Balaban J connectivity index is 1.24. The van der Waals surface area contributed by atoms with Crippen LogP contribution in [0.1, 0.15) is 22.9 Å². The van der Waals surface area contributed by atoms with E-state index in [1.807, 2.05) is 18.2 Å². The molecule has 1 unspecified atom stereocenters. The first-order chi connectivity index (χ1) is 22.2. The van der Waals surface area contributed by atoms with E-state index in [4.69, 9.17) is 21.6 Å². The van der Waals surface area contributed by atoms with E-state index in [0.29, 0.717) is 0 Å². The Bertz CT molecular complexity index is 2270. The Hall–Kier alpha value is -5.51. The molecule has 0 amide bonds. The van der Waals surface area contributed by atoms with Crippen molar-refractivity contribution in [2.45, 2.75) is 6.17 Å². The van der Waals surface area contributed by atoms with Crippen LogP contribution in [0, 0.1) is 0 Å². The lowest BCUT2D eigenvalue weighted by atomic mass is 9.97. The first-order valence-corrected chi connectivity index (χ1v) is 15.4. The van der Waals surface area contributed by atoms with Crippen molar-refractivity contribution in [3.63, 3.8) is 0 Å². The monoisotopic (exact) mass is 597 g/mol. The van der Waals surface area contributed by atoms with E-state index in [9.17, 15) is 0 Å². The average molecular weight is 598 g/mol. The summed E-state index contributed by atoms with van der Waals surface area (Å²) in [4.78, 5) is 10.5. The van der Waals surface area contributed by atoms with E-state index >= 15 is 0 Å². The van der Waals surface area contributed by atoms with Crippen LogP contribution in [-0.2, 0) is 0 Å². The molecule has 0 aliphatic carbocycles. The summed E-state index contributed by atoms with van der Waals surface area (Å²) in [5.41, 5.74) is 7.57. The quantitative estimate of drug-likeness (QED) is 0.210. The minimum Gasteiger partial charge on any atom is -0.324 e. The number of nitrogens with one attached hydrogen (secondary N) is 1. The summed E-state index contributed by atoms with van der Waals surface area (Å²) in [5, 5.41) is 9.01. The van der Waals surface area contributed by atoms with Gasteiger partial charge in [-0.25, -0.2) is 9.98 Å². The molecule has 1 heterocycles. The molecule has 3 nitrogen and oxygen atoms in total. The van der Waals surface area contributed by atoms with Gasteiger partial charge < -0.3 is 5.32 Å². The van der Waals surface area contributed by atoms with E-state index in [0.717, 1.165) is 66.4 Å². The predicted octanol–water partition coefficient (Wildman–Crippen LogP) is 10.5. The van der Waals surface area contributed by atoms with Crippen LogP contribution in [0.2, 0.25) is 5.02 Å². The van der Waals surface area contributed by atoms with Crippen molar-refractivity contribution >= 4 is 44.8 Å². The highest BCUT2D eigenvalue weighted by molar-refractivity contribution is 6.30. The van der Waals surface area contributed by atoms with Gasteiger partial charge in [0.05, 0.1) is 0 Å². The number of hydrogen-bond donors (Lipinski definition) is 1. The van der Waals surface area contributed by atoms with Crippen molar-refractivity contribution in [2.75, 3.05) is 0 Å². The van der Waals surface area contributed by atoms with Crippen LogP contribution in [0.25, 0.3) is 43.8 Å². The van der Waals surface area contributed by atoms with Gasteiger partial charge in [0.25, 0.3) is 0 Å². The lowest BCUT2D eigenvalue weighted by Gasteiger charge is -2.24. The molecule has 45 heavy (non-hydrogen) atoms. The van der Waals surface area contributed by atoms with Crippen molar-refractivity contribution in [3.05, 3.63) is 179 Å². The zero-order chi connectivity index (χ0) is 30.2. The van der Waals surface area contributed by atoms with Crippen LogP contribution < -0.4 is 5.32 Å². The number of aliphatic imine (C=N–C) groups is 2. The second kappa shape index (κ2) is 11.5. The number of hydrogen-bond acceptors (Lipinski definition) is 3. The fourth-order valence-corrected chi connectivity index (χ4v) is 6.36. The summed E-state index contributed by atoms with van der Waals surface area (Å²) in [6.45, 7) is 0. The largest absolute Gasteiger partial charge is 0.324 e. The first kappa shape index (κ1) is 27.1. The minimum atomic E-state index is -0.406. The number of halogens is 1. The van der Waals surface area contributed by atoms with Crippen LogP contribution in [0.4, 0.5) is 0 Å². The third-order valence-corrected chi connectivity index (χ3v) is 8.61. The fraction of sp³-hybridized carbons (Fsp3) is 0.0244. The number of fused-ring (bicyclic) bond motifs is 2. The molecule has 1 aliphatic rings. The van der Waals surface area contributed by atoms with Gasteiger partial charge in [0, 0.05) is 21.7 Å². The molecule has 0 radical (unpaired) electrons. The van der Waals surface area contributed by atoms with Crippen molar-refractivity contribution in [2.24, 2.45) is 9.98 Å². The Kier molecular flexibility index (Phi) is 6.94. The zero-order valence-electron chi connectivity index (χ0n) is 24.4. The van der Waals surface area contributed by atoms with Crippen LogP contribution in [0.15, 0.2) is 168 Å². The van der Waals surface area contributed by atoms with Crippen molar-refractivity contribution in [3.8, 4) is 22.3 Å². The summed E-state index contributed by atoms with van der Waals surface area (Å²) >= 11 is 6.30. The highest BCUT2D eigenvalue weighted by atomic mass is 35.5. The van der Waals surface area contributed by atoms with Gasteiger partial charge in [0.2, 0.25) is 0 Å². The first-order valence-electron chi connectivity index (χ1n) is 15.0. The standard InChI is InChI=1S/C41H28ClN3/c42-34-19-7-17-32(26-34)30-15-5-14-29(24-30)31-16-6-18-33(25-31)39-43-40(37-22-8-12-27-10-1-3-20-35(27)37)45-41(44-39)38-23-9-13-28-11-2-4-21-36(28)38/h1-26,40H,(H,43,44,45). The molecule has 0 saturated heterocycles. The van der Waals surface area contributed by atoms with E-state index in [-0.39, 0.29) is 0 Å². The lowest BCUT2D eigenvalue weighted by molar-refractivity contribution is 0.762. The van der Waals surface area contributed by atoms with Crippen molar-refractivity contribution in [1.82, 2.24) is 5.32 Å². The third kappa shape index (κ3) is 5.28. The van der Waals surface area contributed by atoms with Gasteiger partial charge in [-0.15, -0.1) is 0 Å². The van der Waals surface area contributed by atoms with Crippen LogP contribution in [-0.4, -0.2) is 11.7 Å². The summed E-state index contributed by atoms with van der Waals surface area (Å²) in [6.07, 6.45) is -0.406. The fourth-order valence-electron chi connectivity index (χ4n) is 6.17. The molecule has 7 aromatic carbocycles. The Morgan fingerprint density at radius 1 is 0.444 bits per heavy atom. The molecule has 214 valence electrons. The third-order valence-electron chi connectivity index (χ3n) is 8.38. The van der Waals surface area contributed by atoms with E-state index in [1.54, 1.807) is 0 Å². The van der Waals surface area contributed by atoms with Gasteiger partial charge in [-0.2, -0.15) is 0 Å². The lowest BCUT2D eigenvalue weighted by Crippen LogP contribution is -2.36. The Morgan fingerprint density at radius 3 is 1.69 bits per heavy atom. The van der Waals surface area contributed by atoms with Gasteiger partial charge >= 0.3 is 0 Å². The van der Waals surface area contributed by atoms with Crippen LogP contribution in [0.5, 0.6) is 0 Å². The van der Waals surface area contributed by atoms with E-state index in [2.05, 4.69) is 145 Å². The van der Waals surface area contributed by atoms with Gasteiger partial charge in [0.15, 0.2) is 6.17 Å². The molecule has 1 atom stereocenters. The molecule has 0 bridgehead atoms. The van der Waals surface area contributed by atoms with Gasteiger partial charge in [-0.1, -0.05) is 145 Å². The molecule has 0 saturated carbocycles. The van der Waals surface area contributed by atoms with Crippen LogP contribution in [0.3, 0.4) is 0 Å². The smallest absolute Gasteiger partial charge is 0.170 e. The zero-order valence-corrected chi connectivity index (χ0v) is 25.1. The predicted molar refractivity (Wildman–Crippen MR) is 189 cm³/mol. The highest BCUT2D eigenvalue weighted by Gasteiger charge is 2.23. The molecule has 0 spiro atoms. The average Bonchev–Trinajstić information content (AvgIpc) is 3.11. The number of amidine groups is 2. The summed E-state index contributed by atoms with van der Waals surface area (Å²) in [6, 6.07) is 54.7. The number of nitrogens with zero attached hydrogens (tertiary/aromatic N) is 2. The van der Waals surface area contributed by atoms with Gasteiger partial charge in [0.1, 0.15) is 11.7 Å². The molecule has 7 aromatic rings. The molecule has 0 aromatic heterocycles. The van der Waals surface area contributed by atoms with Crippen molar-refractivity contribution in [1.29, 1.82) is 0 Å². The van der Waals surface area contributed by atoms with E-state index < -0.39 is 6.17 Å².